The second-order valence-electron chi connectivity index (χ2n) is 7.54. The SMILES string of the molecule is O=C1C(=O)N(CC2CCCO2)C(C2CC=CCC2)C1=C(O)c1ccccc1. The summed E-state index contributed by atoms with van der Waals surface area (Å²) in [5.41, 5.74) is 0.827. The highest BCUT2D eigenvalue weighted by Gasteiger charge is 2.49. The van der Waals surface area contributed by atoms with Gasteiger partial charge in [-0.15, -0.1) is 0 Å². The monoisotopic (exact) mass is 367 g/mol. The molecule has 2 saturated heterocycles. The summed E-state index contributed by atoms with van der Waals surface area (Å²) in [7, 11) is 0. The van der Waals surface area contributed by atoms with Gasteiger partial charge in [0.2, 0.25) is 0 Å². The molecule has 0 aromatic heterocycles. The number of aliphatic hydroxyl groups excluding tert-OH is 1. The molecule has 3 unspecified atom stereocenters. The number of aliphatic hydroxyl groups is 1. The van der Waals surface area contributed by atoms with Crippen LogP contribution in [0.25, 0.3) is 5.76 Å². The van der Waals surface area contributed by atoms with E-state index < -0.39 is 11.7 Å². The minimum atomic E-state index is -0.575. The van der Waals surface area contributed by atoms with Crippen LogP contribution >= 0.6 is 0 Å². The molecule has 1 N–H and O–H groups in total. The van der Waals surface area contributed by atoms with Crippen molar-refractivity contribution in [3.63, 3.8) is 0 Å². The predicted octanol–water partition coefficient (Wildman–Crippen LogP) is 3.27. The summed E-state index contributed by atoms with van der Waals surface area (Å²) in [4.78, 5) is 27.4. The number of benzene rings is 1. The van der Waals surface area contributed by atoms with Crippen LogP contribution < -0.4 is 0 Å². The lowest BCUT2D eigenvalue weighted by molar-refractivity contribution is -0.141. The molecule has 1 aromatic rings. The molecule has 2 heterocycles. The molecule has 1 amide bonds. The quantitative estimate of drug-likeness (QED) is 0.384. The normalized spacial score (nSPS) is 30.2. The Labute approximate surface area is 159 Å². The Kier molecular flexibility index (Phi) is 5.12. The average Bonchev–Trinajstić information content (AvgIpc) is 3.31. The number of carbonyl (C=O) groups is 2. The molecular weight excluding hydrogens is 342 g/mol. The number of likely N-dealkylation sites (tertiary alicyclic amines) is 1. The Morgan fingerprint density at radius 2 is 1.96 bits per heavy atom. The molecule has 0 radical (unpaired) electrons. The Morgan fingerprint density at radius 3 is 2.63 bits per heavy atom. The highest BCUT2D eigenvalue weighted by Crippen LogP contribution is 2.38. The van der Waals surface area contributed by atoms with E-state index in [2.05, 4.69) is 12.2 Å². The maximum Gasteiger partial charge on any atom is 0.295 e. The fourth-order valence-electron chi connectivity index (χ4n) is 4.46. The molecule has 0 spiro atoms. The van der Waals surface area contributed by atoms with E-state index in [1.807, 2.05) is 18.2 Å². The van der Waals surface area contributed by atoms with Gasteiger partial charge in [-0.05, 0) is 38.0 Å². The van der Waals surface area contributed by atoms with Crippen molar-refractivity contribution in [2.24, 2.45) is 5.92 Å². The van der Waals surface area contributed by atoms with Crippen LogP contribution in [0.5, 0.6) is 0 Å². The van der Waals surface area contributed by atoms with Gasteiger partial charge in [-0.1, -0.05) is 42.5 Å². The van der Waals surface area contributed by atoms with Gasteiger partial charge in [-0.3, -0.25) is 9.59 Å². The largest absolute Gasteiger partial charge is 0.507 e. The number of amides is 1. The van der Waals surface area contributed by atoms with E-state index in [0.29, 0.717) is 18.7 Å². The van der Waals surface area contributed by atoms with E-state index >= 15 is 0 Å². The van der Waals surface area contributed by atoms with Gasteiger partial charge < -0.3 is 14.7 Å². The molecule has 142 valence electrons. The number of carbonyl (C=O) groups excluding carboxylic acids is 2. The zero-order chi connectivity index (χ0) is 18.8. The minimum Gasteiger partial charge on any atom is -0.507 e. The van der Waals surface area contributed by atoms with E-state index in [0.717, 1.165) is 32.1 Å². The first-order valence-electron chi connectivity index (χ1n) is 9.77. The molecule has 4 rings (SSSR count). The molecule has 2 aliphatic heterocycles. The van der Waals surface area contributed by atoms with Crippen LogP contribution in [0, 0.1) is 5.92 Å². The summed E-state index contributed by atoms with van der Waals surface area (Å²) in [6.45, 7) is 1.12. The summed E-state index contributed by atoms with van der Waals surface area (Å²) in [5.74, 6) is -1.02. The highest BCUT2D eigenvalue weighted by atomic mass is 16.5. The second-order valence-corrected chi connectivity index (χ2v) is 7.54. The molecule has 3 atom stereocenters. The lowest BCUT2D eigenvalue weighted by Crippen LogP contribution is -2.43. The van der Waals surface area contributed by atoms with Crippen molar-refractivity contribution in [2.75, 3.05) is 13.2 Å². The van der Waals surface area contributed by atoms with Crippen molar-refractivity contribution in [1.82, 2.24) is 4.90 Å². The Hall–Kier alpha value is -2.40. The molecule has 0 saturated carbocycles. The average molecular weight is 367 g/mol. The third-order valence-electron chi connectivity index (χ3n) is 5.81. The molecule has 0 bridgehead atoms. The van der Waals surface area contributed by atoms with Crippen LogP contribution in [-0.2, 0) is 14.3 Å². The van der Waals surface area contributed by atoms with E-state index in [9.17, 15) is 14.7 Å². The van der Waals surface area contributed by atoms with Gasteiger partial charge in [0.25, 0.3) is 11.7 Å². The summed E-state index contributed by atoms with van der Waals surface area (Å²) in [6, 6.07) is 8.63. The number of ether oxygens (including phenoxy) is 1. The third kappa shape index (κ3) is 3.44. The van der Waals surface area contributed by atoms with Crippen LogP contribution in [-0.4, -0.2) is 47.0 Å². The summed E-state index contributed by atoms with van der Waals surface area (Å²) < 4.78 is 5.72. The maximum atomic E-state index is 12.9. The first-order valence-corrected chi connectivity index (χ1v) is 9.77. The number of allylic oxidation sites excluding steroid dienone is 2. The smallest absolute Gasteiger partial charge is 0.295 e. The standard InChI is InChI=1S/C22H25NO4/c24-20(16-10-5-2-6-11-16)18-19(15-8-3-1-4-9-15)23(22(26)21(18)25)14-17-12-7-13-27-17/h1-3,5-6,10-11,15,17,19,24H,4,7-9,12-14H2. The Bertz CT molecular complexity index is 777. The van der Waals surface area contributed by atoms with E-state index in [4.69, 9.17) is 4.74 Å². The van der Waals surface area contributed by atoms with Crippen molar-refractivity contribution in [2.45, 2.75) is 44.2 Å². The molecule has 1 aromatic carbocycles. The van der Waals surface area contributed by atoms with Gasteiger partial charge in [0, 0.05) is 18.7 Å². The molecule has 27 heavy (non-hydrogen) atoms. The topological polar surface area (TPSA) is 66.8 Å². The van der Waals surface area contributed by atoms with Crippen molar-refractivity contribution in [3.8, 4) is 0 Å². The number of hydrogen-bond acceptors (Lipinski definition) is 4. The molecular formula is C22H25NO4. The zero-order valence-electron chi connectivity index (χ0n) is 15.3. The number of ketones is 1. The van der Waals surface area contributed by atoms with Crippen LogP contribution in [0.2, 0.25) is 0 Å². The van der Waals surface area contributed by atoms with Gasteiger partial charge in [-0.25, -0.2) is 0 Å². The van der Waals surface area contributed by atoms with Gasteiger partial charge in [0.05, 0.1) is 17.7 Å². The number of hydrogen-bond donors (Lipinski definition) is 1. The van der Waals surface area contributed by atoms with E-state index in [1.165, 1.54) is 0 Å². The fourth-order valence-corrected chi connectivity index (χ4v) is 4.46. The summed E-state index contributed by atoms with van der Waals surface area (Å²) in [6.07, 6.45) is 8.74. The van der Waals surface area contributed by atoms with Crippen LogP contribution in [0.1, 0.15) is 37.7 Å². The minimum absolute atomic E-state index is 0.0263. The molecule has 2 fully saturated rings. The molecule has 5 nitrogen and oxygen atoms in total. The Morgan fingerprint density at radius 1 is 1.15 bits per heavy atom. The first-order chi connectivity index (χ1) is 13.2. The third-order valence-corrected chi connectivity index (χ3v) is 5.81. The number of Topliss-reactive ketones (excluding diaryl/α,β-unsaturated/α-hetero) is 1. The Balaban J connectivity index is 1.74. The summed E-state index contributed by atoms with van der Waals surface area (Å²) >= 11 is 0. The molecule has 5 heteroatoms. The van der Waals surface area contributed by atoms with Crippen molar-refractivity contribution >= 4 is 17.4 Å². The first kappa shape index (κ1) is 18.0. The highest BCUT2D eigenvalue weighted by molar-refractivity contribution is 6.46. The number of nitrogens with zero attached hydrogens (tertiary/aromatic N) is 1. The second kappa shape index (κ2) is 7.69. The van der Waals surface area contributed by atoms with Gasteiger partial charge in [0.15, 0.2) is 0 Å². The van der Waals surface area contributed by atoms with Crippen molar-refractivity contribution in [1.29, 1.82) is 0 Å². The fraction of sp³-hybridized carbons (Fsp3) is 0.455. The zero-order valence-corrected chi connectivity index (χ0v) is 15.3. The molecule has 3 aliphatic rings. The lowest BCUT2D eigenvalue weighted by Gasteiger charge is -2.33. The van der Waals surface area contributed by atoms with Gasteiger partial charge in [-0.2, -0.15) is 0 Å². The van der Waals surface area contributed by atoms with E-state index in [-0.39, 0.29) is 29.4 Å². The van der Waals surface area contributed by atoms with Gasteiger partial charge in [0.1, 0.15) is 5.76 Å². The van der Waals surface area contributed by atoms with Crippen LogP contribution in [0.15, 0.2) is 48.1 Å². The van der Waals surface area contributed by atoms with Crippen molar-refractivity contribution in [3.05, 3.63) is 53.6 Å². The summed E-state index contributed by atoms with van der Waals surface area (Å²) in [5, 5.41) is 10.9. The van der Waals surface area contributed by atoms with Gasteiger partial charge >= 0.3 is 0 Å². The van der Waals surface area contributed by atoms with Crippen LogP contribution in [0.4, 0.5) is 0 Å². The van der Waals surface area contributed by atoms with Crippen molar-refractivity contribution < 1.29 is 19.4 Å². The molecule has 1 aliphatic carbocycles. The number of rotatable bonds is 4. The van der Waals surface area contributed by atoms with Crippen LogP contribution in [0.3, 0.4) is 0 Å². The maximum absolute atomic E-state index is 12.9. The van der Waals surface area contributed by atoms with E-state index in [1.54, 1.807) is 17.0 Å². The predicted molar refractivity (Wildman–Crippen MR) is 102 cm³/mol. The lowest BCUT2D eigenvalue weighted by atomic mass is 9.83.